The molecule has 0 aliphatic heterocycles. The van der Waals surface area contributed by atoms with Crippen LogP contribution in [0.25, 0.3) is 0 Å². The van der Waals surface area contributed by atoms with Crippen LogP contribution in [0.5, 0.6) is 0 Å². The van der Waals surface area contributed by atoms with Gasteiger partial charge < -0.3 is 4.90 Å². The number of Topliss-reactive ketones (excluding diaryl/α,β-unsaturated/α-hetero) is 1. The van der Waals surface area contributed by atoms with Crippen molar-refractivity contribution >= 4 is 11.7 Å². The fourth-order valence-corrected chi connectivity index (χ4v) is 1.43. The number of benzene rings is 1. The quantitative estimate of drug-likeness (QED) is 0.543. The van der Waals surface area contributed by atoms with Gasteiger partial charge in [-0.1, -0.05) is 17.2 Å². The highest BCUT2D eigenvalue weighted by molar-refractivity contribution is 6.42. The molecule has 0 heterocycles. The van der Waals surface area contributed by atoms with Crippen molar-refractivity contribution in [3.63, 3.8) is 0 Å². The topological polar surface area (TPSA) is 37.4 Å². The molecule has 1 amide bonds. The van der Waals surface area contributed by atoms with Crippen molar-refractivity contribution in [3.8, 4) is 0 Å². The lowest BCUT2D eigenvalue weighted by Gasteiger charge is -2.09. The zero-order chi connectivity index (χ0) is 11.6. The second kappa shape index (κ2) is 4.26. The molecule has 1 aromatic rings. The summed E-state index contributed by atoms with van der Waals surface area (Å²) in [6.45, 7) is 3.81. The number of aryl methyl sites for hydroxylation is 2. The molecule has 0 N–H and O–H groups in total. The number of rotatable bonds is 2. The van der Waals surface area contributed by atoms with E-state index < -0.39 is 11.7 Å². The predicted molar refractivity (Wildman–Crippen MR) is 58.9 cm³/mol. The summed E-state index contributed by atoms with van der Waals surface area (Å²) in [6.07, 6.45) is 0. The van der Waals surface area contributed by atoms with Crippen LogP contribution in [0.3, 0.4) is 0 Å². The van der Waals surface area contributed by atoms with Gasteiger partial charge in [0.2, 0.25) is 5.78 Å². The summed E-state index contributed by atoms with van der Waals surface area (Å²) in [5.74, 6) is -0.938. The van der Waals surface area contributed by atoms with Crippen LogP contribution in [0.4, 0.5) is 0 Å². The van der Waals surface area contributed by atoms with Crippen LogP contribution in [0.15, 0.2) is 18.2 Å². The van der Waals surface area contributed by atoms with E-state index in [1.165, 1.54) is 4.90 Å². The monoisotopic (exact) mass is 205 g/mol. The summed E-state index contributed by atoms with van der Waals surface area (Å²) in [4.78, 5) is 24.4. The lowest BCUT2D eigenvalue weighted by Crippen LogP contribution is -2.29. The van der Waals surface area contributed by atoms with Gasteiger partial charge in [-0.3, -0.25) is 9.59 Å². The van der Waals surface area contributed by atoms with Gasteiger partial charge >= 0.3 is 0 Å². The molecule has 15 heavy (non-hydrogen) atoms. The van der Waals surface area contributed by atoms with Gasteiger partial charge in [-0.15, -0.1) is 0 Å². The summed E-state index contributed by atoms with van der Waals surface area (Å²) in [5, 5.41) is 0. The highest BCUT2D eigenvalue weighted by Crippen LogP contribution is 2.10. The first-order chi connectivity index (χ1) is 6.91. The third-order valence-corrected chi connectivity index (χ3v) is 2.08. The van der Waals surface area contributed by atoms with Crippen LogP contribution in [0.1, 0.15) is 21.5 Å². The molecular formula is C12H15NO2. The first-order valence-electron chi connectivity index (χ1n) is 4.76. The molecule has 0 spiro atoms. The molecular weight excluding hydrogens is 190 g/mol. The van der Waals surface area contributed by atoms with E-state index in [1.807, 2.05) is 19.9 Å². The zero-order valence-corrected chi connectivity index (χ0v) is 9.50. The van der Waals surface area contributed by atoms with E-state index in [0.717, 1.165) is 11.1 Å². The maximum atomic E-state index is 11.7. The number of likely N-dealkylation sites (N-methyl/N-ethyl adjacent to an activating group) is 1. The number of hydrogen-bond donors (Lipinski definition) is 0. The van der Waals surface area contributed by atoms with Gasteiger partial charge in [0.25, 0.3) is 5.91 Å². The Balaban J connectivity index is 3.06. The molecule has 0 fully saturated rings. The normalized spacial score (nSPS) is 9.87. The first kappa shape index (κ1) is 11.4. The summed E-state index contributed by atoms with van der Waals surface area (Å²) in [6, 6.07) is 5.43. The molecule has 80 valence electrons. The van der Waals surface area contributed by atoms with Crippen molar-refractivity contribution in [2.45, 2.75) is 13.8 Å². The van der Waals surface area contributed by atoms with E-state index in [9.17, 15) is 9.59 Å². The summed E-state index contributed by atoms with van der Waals surface area (Å²) in [7, 11) is 3.14. The highest BCUT2D eigenvalue weighted by atomic mass is 16.2. The van der Waals surface area contributed by atoms with E-state index in [0.29, 0.717) is 5.56 Å². The van der Waals surface area contributed by atoms with Crippen LogP contribution >= 0.6 is 0 Å². The molecule has 0 radical (unpaired) electrons. The van der Waals surface area contributed by atoms with E-state index in [1.54, 1.807) is 26.2 Å². The van der Waals surface area contributed by atoms with Gasteiger partial charge in [-0.05, 0) is 26.0 Å². The highest BCUT2D eigenvalue weighted by Gasteiger charge is 2.18. The molecule has 0 aromatic heterocycles. The van der Waals surface area contributed by atoms with Crippen molar-refractivity contribution < 1.29 is 9.59 Å². The number of carbonyl (C=O) groups excluding carboxylic acids is 2. The predicted octanol–water partition coefficient (Wildman–Crippen LogP) is 1.57. The molecule has 0 aliphatic carbocycles. The average molecular weight is 205 g/mol. The average Bonchev–Trinajstić information content (AvgIpc) is 2.13. The Labute approximate surface area is 89.7 Å². The fraction of sp³-hybridized carbons (Fsp3) is 0.333. The third-order valence-electron chi connectivity index (χ3n) is 2.08. The SMILES string of the molecule is Cc1cc(C)cc(C(=O)C(=O)N(C)C)c1. The molecule has 0 saturated heterocycles. The van der Waals surface area contributed by atoms with Crippen molar-refractivity contribution in [1.82, 2.24) is 4.90 Å². The first-order valence-corrected chi connectivity index (χ1v) is 4.76. The minimum Gasteiger partial charge on any atom is -0.342 e. The van der Waals surface area contributed by atoms with E-state index in [2.05, 4.69) is 0 Å². The minimum atomic E-state index is -0.486. The van der Waals surface area contributed by atoms with E-state index in [4.69, 9.17) is 0 Å². The number of hydrogen-bond acceptors (Lipinski definition) is 2. The molecule has 1 aromatic carbocycles. The van der Waals surface area contributed by atoms with Crippen LogP contribution in [-0.4, -0.2) is 30.7 Å². The Kier molecular flexibility index (Phi) is 3.24. The standard InChI is InChI=1S/C12H15NO2/c1-8-5-9(2)7-10(6-8)11(14)12(15)13(3)4/h5-7H,1-4H3. The molecule has 0 saturated carbocycles. The second-order valence-electron chi connectivity index (χ2n) is 3.91. The van der Waals surface area contributed by atoms with Crippen LogP contribution in [0, 0.1) is 13.8 Å². The van der Waals surface area contributed by atoms with Gasteiger partial charge in [-0.25, -0.2) is 0 Å². The zero-order valence-electron chi connectivity index (χ0n) is 9.50. The van der Waals surface area contributed by atoms with Gasteiger partial charge in [0.15, 0.2) is 0 Å². The minimum absolute atomic E-state index is 0.452. The summed E-state index contributed by atoms with van der Waals surface area (Å²) < 4.78 is 0. The molecule has 3 nitrogen and oxygen atoms in total. The Morgan fingerprint density at radius 3 is 1.87 bits per heavy atom. The molecule has 0 aliphatic rings. The van der Waals surface area contributed by atoms with E-state index in [-0.39, 0.29) is 0 Å². The number of carbonyl (C=O) groups is 2. The van der Waals surface area contributed by atoms with Crippen LogP contribution in [-0.2, 0) is 4.79 Å². The Bertz CT molecular complexity index is 388. The molecule has 0 bridgehead atoms. The number of nitrogens with zero attached hydrogens (tertiary/aromatic N) is 1. The lowest BCUT2D eigenvalue weighted by molar-refractivity contribution is -0.124. The summed E-state index contributed by atoms with van der Waals surface area (Å²) in [5.41, 5.74) is 2.45. The Hall–Kier alpha value is -1.64. The van der Waals surface area contributed by atoms with Crippen molar-refractivity contribution in [2.24, 2.45) is 0 Å². The summed E-state index contributed by atoms with van der Waals surface area (Å²) >= 11 is 0. The van der Waals surface area contributed by atoms with Gasteiger partial charge in [0, 0.05) is 19.7 Å². The second-order valence-corrected chi connectivity index (χ2v) is 3.91. The third kappa shape index (κ3) is 2.65. The van der Waals surface area contributed by atoms with Crippen molar-refractivity contribution in [3.05, 3.63) is 34.9 Å². The Morgan fingerprint density at radius 1 is 1.00 bits per heavy atom. The van der Waals surface area contributed by atoms with Crippen LogP contribution < -0.4 is 0 Å². The maximum absolute atomic E-state index is 11.7. The van der Waals surface area contributed by atoms with E-state index >= 15 is 0 Å². The smallest absolute Gasteiger partial charge is 0.294 e. The molecule has 0 unspecified atom stereocenters. The maximum Gasteiger partial charge on any atom is 0.294 e. The number of amides is 1. The molecule has 3 heteroatoms. The fourth-order valence-electron chi connectivity index (χ4n) is 1.43. The molecule has 0 atom stereocenters. The van der Waals surface area contributed by atoms with Gasteiger partial charge in [0.05, 0.1) is 0 Å². The number of ketones is 1. The van der Waals surface area contributed by atoms with Crippen LogP contribution in [0.2, 0.25) is 0 Å². The van der Waals surface area contributed by atoms with Crippen molar-refractivity contribution in [2.75, 3.05) is 14.1 Å². The molecule has 1 rings (SSSR count). The largest absolute Gasteiger partial charge is 0.342 e. The van der Waals surface area contributed by atoms with Gasteiger partial charge in [0.1, 0.15) is 0 Å². The van der Waals surface area contributed by atoms with Gasteiger partial charge in [-0.2, -0.15) is 0 Å². The lowest BCUT2D eigenvalue weighted by atomic mass is 10.0. The Morgan fingerprint density at radius 2 is 1.47 bits per heavy atom. The van der Waals surface area contributed by atoms with Crippen molar-refractivity contribution in [1.29, 1.82) is 0 Å².